The Hall–Kier alpha value is -2.61. The molecule has 0 aliphatic heterocycles. The van der Waals surface area contributed by atoms with Gasteiger partial charge in [-0.15, -0.1) is 0 Å². The minimum atomic E-state index is -0.646. The summed E-state index contributed by atoms with van der Waals surface area (Å²) in [5.74, 6) is 0.344. The largest absolute Gasteiger partial charge is 0.481 e. The molecule has 132 valence electrons. The topological polar surface area (TPSA) is 93.5 Å². The lowest BCUT2D eigenvalue weighted by Gasteiger charge is -2.15. The second kappa shape index (κ2) is 9.03. The van der Waals surface area contributed by atoms with Crippen LogP contribution in [-0.2, 0) is 4.79 Å². The Balaban J connectivity index is 1.76. The quantitative estimate of drug-likeness (QED) is 0.397. The highest BCUT2D eigenvalue weighted by Gasteiger charge is 2.15. The highest BCUT2D eigenvalue weighted by Crippen LogP contribution is 2.22. The highest BCUT2D eigenvalue weighted by molar-refractivity contribution is 9.10. The normalized spacial score (nSPS) is 11.4. The third-order valence-electron chi connectivity index (χ3n) is 3.34. The predicted octanol–water partition coefficient (Wildman–Crippen LogP) is 3.35. The van der Waals surface area contributed by atoms with Crippen molar-refractivity contribution < 1.29 is 14.5 Å². The van der Waals surface area contributed by atoms with Gasteiger partial charge in [0.1, 0.15) is 11.4 Å². The molecule has 0 saturated carbocycles. The third kappa shape index (κ3) is 5.75. The van der Waals surface area contributed by atoms with E-state index in [1.54, 1.807) is 37.3 Å². The summed E-state index contributed by atoms with van der Waals surface area (Å²) in [6.45, 7) is 2.34. The number of ether oxygens (including phenoxy) is 1. The number of nitro benzene ring substituents is 1. The van der Waals surface area contributed by atoms with Gasteiger partial charge in [-0.25, -0.2) is 0 Å². The van der Waals surface area contributed by atoms with Gasteiger partial charge in [0.2, 0.25) is 0 Å². The molecule has 2 N–H and O–H groups in total. The van der Waals surface area contributed by atoms with E-state index in [1.165, 1.54) is 6.07 Å². The molecule has 0 aliphatic rings. The van der Waals surface area contributed by atoms with Crippen molar-refractivity contribution in [3.8, 4) is 5.75 Å². The second-order valence-electron chi connectivity index (χ2n) is 5.21. The average Bonchev–Trinajstić information content (AvgIpc) is 2.60. The molecule has 0 radical (unpaired) electrons. The molecule has 7 nitrogen and oxygen atoms in total. The van der Waals surface area contributed by atoms with Crippen molar-refractivity contribution in [2.75, 3.05) is 18.4 Å². The first kappa shape index (κ1) is 18.7. The van der Waals surface area contributed by atoms with E-state index < -0.39 is 11.0 Å². The van der Waals surface area contributed by atoms with E-state index in [1.807, 2.05) is 12.1 Å². The van der Waals surface area contributed by atoms with Crippen LogP contribution >= 0.6 is 15.9 Å². The van der Waals surface area contributed by atoms with Crippen LogP contribution in [0.1, 0.15) is 6.92 Å². The van der Waals surface area contributed by atoms with Gasteiger partial charge in [-0.05, 0) is 37.3 Å². The maximum Gasteiger partial charge on any atom is 0.292 e. The van der Waals surface area contributed by atoms with Crippen LogP contribution in [0.2, 0.25) is 0 Å². The number of amides is 1. The number of rotatable bonds is 8. The van der Waals surface area contributed by atoms with Crippen molar-refractivity contribution in [3.63, 3.8) is 0 Å². The van der Waals surface area contributed by atoms with Crippen LogP contribution in [0, 0.1) is 10.1 Å². The molecule has 2 aromatic carbocycles. The summed E-state index contributed by atoms with van der Waals surface area (Å²) < 4.78 is 6.48. The zero-order valence-electron chi connectivity index (χ0n) is 13.6. The number of para-hydroxylation sites is 2. The highest BCUT2D eigenvalue weighted by atomic mass is 79.9. The van der Waals surface area contributed by atoms with Crippen molar-refractivity contribution in [1.82, 2.24) is 5.32 Å². The van der Waals surface area contributed by atoms with Crippen molar-refractivity contribution in [2.24, 2.45) is 0 Å². The molecule has 2 aromatic rings. The molecule has 0 bridgehead atoms. The molecular weight excluding hydrogens is 390 g/mol. The maximum absolute atomic E-state index is 12.0. The predicted molar refractivity (Wildman–Crippen MR) is 98.8 cm³/mol. The monoisotopic (exact) mass is 407 g/mol. The van der Waals surface area contributed by atoms with Gasteiger partial charge in [-0.3, -0.25) is 14.9 Å². The van der Waals surface area contributed by atoms with Gasteiger partial charge in [0, 0.05) is 23.6 Å². The summed E-state index contributed by atoms with van der Waals surface area (Å²) in [4.78, 5) is 22.5. The van der Waals surface area contributed by atoms with E-state index in [0.717, 1.165) is 4.47 Å². The van der Waals surface area contributed by atoms with Gasteiger partial charge in [0.05, 0.1) is 4.92 Å². The molecular formula is C17H18BrN3O4. The van der Waals surface area contributed by atoms with Crippen molar-refractivity contribution in [1.29, 1.82) is 0 Å². The third-order valence-corrected chi connectivity index (χ3v) is 3.86. The van der Waals surface area contributed by atoms with E-state index in [2.05, 4.69) is 26.6 Å². The number of hydrogen-bond acceptors (Lipinski definition) is 5. The van der Waals surface area contributed by atoms with Gasteiger partial charge < -0.3 is 15.4 Å². The van der Waals surface area contributed by atoms with Crippen LogP contribution in [0.15, 0.2) is 53.0 Å². The molecule has 0 heterocycles. The first-order chi connectivity index (χ1) is 12.0. The standard InChI is InChI=1S/C17H18BrN3O4/c1-12(25-14-8-6-13(18)7-9-14)17(22)20-11-10-19-15-4-2-3-5-16(15)21(23)24/h2-9,12,19H,10-11H2,1H3,(H,20,22). The number of nitrogens with one attached hydrogen (secondary N) is 2. The van der Waals surface area contributed by atoms with Crippen LogP contribution in [-0.4, -0.2) is 30.0 Å². The lowest BCUT2D eigenvalue weighted by Crippen LogP contribution is -2.38. The van der Waals surface area contributed by atoms with Crippen molar-refractivity contribution >= 4 is 33.2 Å². The van der Waals surface area contributed by atoms with Crippen LogP contribution in [0.5, 0.6) is 5.75 Å². The van der Waals surface area contributed by atoms with E-state index in [4.69, 9.17) is 4.74 Å². The second-order valence-corrected chi connectivity index (χ2v) is 6.12. The lowest BCUT2D eigenvalue weighted by molar-refractivity contribution is -0.384. The minimum Gasteiger partial charge on any atom is -0.481 e. The zero-order chi connectivity index (χ0) is 18.2. The molecule has 1 unspecified atom stereocenters. The molecule has 25 heavy (non-hydrogen) atoms. The van der Waals surface area contributed by atoms with Crippen LogP contribution in [0.3, 0.4) is 0 Å². The number of halogens is 1. The smallest absolute Gasteiger partial charge is 0.292 e. The number of nitrogens with zero attached hydrogens (tertiary/aromatic N) is 1. The first-order valence-electron chi connectivity index (χ1n) is 7.64. The van der Waals surface area contributed by atoms with E-state index in [9.17, 15) is 14.9 Å². The number of carbonyl (C=O) groups excluding carboxylic acids is 1. The first-order valence-corrected chi connectivity index (χ1v) is 8.44. The molecule has 2 rings (SSSR count). The van der Waals surface area contributed by atoms with Gasteiger partial charge in [-0.1, -0.05) is 28.1 Å². The number of carbonyl (C=O) groups is 1. The Morgan fingerprint density at radius 3 is 2.56 bits per heavy atom. The Labute approximate surface area is 153 Å². The summed E-state index contributed by atoms with van der Waals surface area (Å²) in [6, 6.07) is 13.6. The summed E-state index contributed by atoms with van der Waals surface area (Å²) >= 11 is 3.33. The molecule has 1 atom stereocenters. The van der Waals surface area contributed by atoms with Crippen LogP contribution in [0.25, 0.3) is 0 Å². The molecule has 0 aliphatic carbocycles. The summed E-state index contributed by atoms with van der Waals surface area (Å²) in [5, 5.41) is 16.6. The molecule has 0 fully saturated rings. The molecule has 0 spiro atoms. The molecule has 8 heteroatoms. The molecule has 0 aromatic heterocycles. The minimum absolute atomic E-state index is 0.000710. The fraction of sp³-hybridized carbons (Fsp3) is 0.235. The van der Waals surface area contributed by atoms with Crippen molar-refractivity contribution in [2.45, 2.75) is 13.0 Å². The Kier molecular flexibility index (Phi) is 6.76. The van der Waals surface area contributed by atoms with Gasteiger partial charge in [-0.2, -0.15) is 0 Å². The fourth-order valence-electron chi connectivity index (χ4n) is 2.08. The average molecular weight is 408 g/mol. The Bertz CT molecular complexity index is 737. The van der Waals surface area contributed by atoms with Crippen LogP contribution in [0.4, 0.5) is 11.4 Å². The number of hydrogen-bond donors (Lipinski definition) is 2. The van der Waals surface area contributed by atoms with Gasteiger partial charge in [0.25, 0.3) is 11.6 Å². The number of anilines is 1. The maximum atomic E-state index is 12.0. The number of benzene rings is 2. The zero-order valence-corrected chi connectivity index (χ0v) is 15.2. The Morgan fingerprint density at radius 2 is 1.88 bits per heavy atom. The van der Waals surface area contributed by atoms with Gasteiger partial charge in [0.15, 0.2) is 6.10 Å². The lowest BCUT2D eigenvalue weighted by atomic mass is 10.2. The molecule has 0 saturated heterocycles. The van der Waals surface area contributed by atoms with Gasteiger partial charge >= 0.3 is 0 Å². The van der Waals surface area contributed by atoms with E-state index in [0.29, 0.717) is 24.5 Å². The molecule has 1 amide bonds. The Morgan fingerprint density at radius 1 is 1.20 bits per heavy atom. The van der Waals surface area contributed by atoms with Crippen LogP contribution < -0.4 is 15.4 Å². The SMILES string of the molecule is CC(Oc1ccc(Br)cc1)C(=O)NCCNc1ccccc1[N+](=O)[O-]. The summed E-state index contributed by atoms with van der Waals surface area (Å²) in [6.07, 6.45) is -0.646. The van der Waals surface area contributed by atoms with E-state index in [-0.39, 0.29) is 11.6 Å². The van der Waals surface area contributed by atoms with E-state index >= 15 is 0 Å². The fourth-order valence-corrected chi connectivity index (χ4v) is 2.34. The summed E-state index contributed by atoms with van der Waals surface area (Å²) in [5.41, 5.74) is 0.418. The summed E-state index contributed by atoms with van der Waals surface area (Å²) in [7, 11) is 0. The van der Waals surface area contributed by atoms with Crippen molar-refractivity contribution in [3.05, 3.63) is 63.1 Å². The number of nitro groups is 1.